The largest absolute Gasteiger partial charge is 0.494 e. The number of methoxy groups -OCH3 is 1. The van der Waals surface area contributed by atoms with Crippen LogP contribution < -0.4 is 15.0 Å². The number of benzene rings is 2. The Morgan fingerprint density at radius 3 is 2.41 bits per heavy atom. The number of ether oxygens (including phenoxy) is 1. The molecule has 9 nitrogen and oxygen atoms in total. The molecule has 3 heterocycles. The molecule has 0 bridgehead atoms. The fraction of sp³-hybridized carbons (Fsp3) is 0.333. The van der Waals surface area contributed by atoms with E-state index in [0.717, 1.165) is 52.2 Å². The summed E-state index contributed by atoms with van der Waals surface area (Å²) in [6, 6.07) is 12.6. The van der Waals surface area contributed by atoms with Gasteiger partial charge >= 0.3 is 0 Å². The van der Waals surface area contributed by atoms with E-state index in [4.69, 9.17) is 9.72 Å². The summed E-state index contributed by atoms with van der Waals surface area (Å²) in [5.41, 5.74) is 1.60. The second kappa shape index (κ2) is 9.40. The third kappa shape index (κ3) is 4.22. The highest BCUT2D eigenvalue weighted by atomic mass is 32.1. The first-order chi connectivity index (χ1) is 16.5. The molecule has 3 amide bonds. The molecule has 0 saturated carbocycles. The molecule has 2 aromatic carbocycles. The van der Waals surface area contributed by atoms with Gasteiger partial charge in [0.15, 0.2) is 5.13 Å². The van der Waals surface area contributed by atoms with Crippen LogP contribution in [0.1, 0.15) is 20.7 Å². The van der Waals surface area contributed by atoms with Crippen LogP contribution in [-0.4, -0.2) is 85.4 Å². The van der Waals surface area contributed by atoms with Gasteiger partial charge in [0.1, 0.15) is 17.8 Å². The molecule has 5 rings (SSSR count). The Balaban J connectivity index is 1.08. The maximum Gasteiger partial charge on any atom is 0.262 e. The van der Waals surface area contributed by atoms with E-state index >= 15 is 0 Å². The van der Waals surface area contributed by atoms with Crippen LogP contribution >= 0.6 is 11.3 Å². The lowest BCUT2D eigenvalue weighted by atomic mass is 10.1. The summed E-state index contributed by atoms with van der Waals surface area (Å²) >= 11 is 1.67. The van der Waals surface area contributed by atoms with E-state index in [1.165, 1.54) is 0 Å². The number of aromatic nitrogens is 1. The maximum atomic E-state index is 12.4. The zero-order chi connectivity index (χ0) is 23.7. The molecular weight excluding hydrogens is 454 g/mol. The summed E-state index contributed by atoms with van der Waals surface area (Å²) in [6.07, 6.45) is 0. The highest BCUT2D eigenvalue weighted by Gasteiger charge is 2.36. The van der Waals surface area contributed by atoms with Crippen molar-refractivity contribution in [2.24, 2.45) is 0 Å². The molecule has 0 radical (unpaired) electrons. The number of hydrogen-bond donors (Lipinski definition) is 1. The minimum atomic E-state index is -0.417. The number of rotatable bonds is 7. The van der Waals surface area contributed by atoms with E-state index in [9.17, 15) is 14.4 Å². The number of carbonyl (C=O) groups is 3. The molecule has 10 heteroatoms. The monoisotopic (exact) mass is 479 g/mol. The van der Waals surface area contributed by atoms with Crippen molar-refractivity contribution in [3.05, 3.63) is 53.6 Å². The number of para-hydroxylation sites is 1. The lowest BCUT2D eigenvalue weighted by Gasteiger charge is -2.34. The molecule has 2 aliphatic rings. The summed E-state index contributed by atoms with van der Waals surface area (Å²) < 4.78 is 6.53. The van der Waals surface area contributed by atoms with Crippen LogP contribution in [0.2, 0.25) is 0 Å². The van der Waals surface area contributed by atoms with Crippen LogP contribution in [0, 0.1) is 0 Å². The summed E-state index contributed by atoms with van der Waals surface area (Å²) in [7, 11) is 1.66. The van der Waals surface area contributed by atoms with Gasteiger partial charge in [0.25, 0.3) is 11.8 Å². The number of hydrogen-bond acceptors (Lipinski definition) is 8. The van der Waals surface area contributed by atoms with Gasteiger partial charge < -0.3 is 15.0 Å². The van der Waals surface area contributed by atoms with Crippen molar-refractivity contribution in [3.63, 3.8) is 0 Å². The number of fused-ring (bicyclic) bond motifs is 2. The van der Waals surface area contributed by atoms with E-state index < -0.39 is 11.8 Å². The molecule has 3 aromatic rings. The van der Waals surface area contributed by atoms with Crippen molar-refractivity contribution in [2.75, 3.05) is 57.8 Å². The van der Waals surface area contributed by atoms with E-state index in [0.29, 0.717) is 24.2 Å². The SMILES string of the molecule is COc1cccc2sc(N3CCN(CCNC(=O)CN4C(=O)c5ccccc5C4=O)CC3)nc12. The average Bonchev–Trinajstić information content (AvgIpc) is 3.40. The highest BCUT2D eigenvalue weighted by molar-refractivity contribution is 7.22. The quantitative estimate of drug-likeness (QED) is 0.517. The minimum absolute atomic E-state index is 0.263. The van der Waals surface area contributed by atoms with Gasteiger partial charge in [-0.15, -0.1) is 0 Å². The normalized spacial score (nSPS) is 16.3. The molecule has 0 unspecified atom stereocenters. The standard InChI is InChI=1S/C24H25N5O4S/c1-33-18-7-4-8-19-21(18)26-24(34-19)28-13-11-27(12-14-28)10-9-25-20(30)15-29-22(31)16-5-2-3-6-17(16)23(29)32/h2-8H,9-15H2,1H3,(H,25,30). The van der Waals surface area contributed by atoms with Gasteiger partial charge in [0.2, 0.25) is 5.91 Å². The van der Waals surface area contributed by atoms with Gasteiger partial charge in [-0.3, -0.25) is 24.2 Å². The molecule has 0 atom stereocenters. The number of amides is 3. The van der Waals surface area contributed by atoms with Gasteiger partial charge in [-0.25, -0.2) is 4.98 Å². The topological polar surface area (TPSA) is 95.1 Å². The van der Waals surface area contributed by atoms with Crippen LogP contribution in [0.4, 0.5) is 5.13 Å². The van der Waals surface area contributed by atoms with Gasteiger partial charge in [-0.2, -0.15) is 0 Å². The average molecular weight is 480 g/mol. The number of nitrogens with zero attached hydrogens (tertiary/aromatic N) is 4. The molecular formula is C24H25N5O4S. The number of nitrogens with one attached hydrogen (secondary N) is 1. The minimum Gasteiger partial charge on any atom is -0.494 e. The van der Waals surface area contributed by atoms with Gasteiger partial charge in [-0.1, -0.05) is 29.5 Å². The zero-order valence-electron chi connectivity index (χ0n) is 18.8. The predicted octanol–water partition coefficient (Wildman–Crippen LogP) is 1.84. The molecule has 1 saturated heterocycles. The van der Waals surface area contributed by atoms with Crippen molar-refractivity contribution in [1.29, 1.82) is 0 Å². The van der Waals surface area contributed by atoms with Crippen LogP contribution in [0.5, 0.6) is 5.75 Å². The Bertz CT molecular complexity index is 1220. The smallest absolute Gasteiger partial charge is 0.262 e. The molecule has 176 valence electrons. The first kappa shape index (κ1) is 22.3. The molecule has 1 fully saturated rings. The second-order valence-corrected chi connectivity index (χ2v) is 9.23. The Morgan fingerprint density at radius 1 is 1.03 bits per heavy atom. The maximum absolute atomic E-state index is 12.4. The zero-order valence-corrected chi connectivity index (χ0v) is 19.6. The fourth-order valence-corrected chi connectivity index (χ4v) is 5.34. The van der Waals surface area contributed by atoms with E-state index in [2.05, 4.69) is 21.2 Å². The second-order valence-electron chi connectivity index (χ2n) is 8.22. The summed E-state index contributed by atoms with van der Waals surface area (Å²) in [5, 5.41) is 3.83. The van der Waals surface area contributed by atoms with Gasteiger partial charge in [0.05, 0.1) is 22.9 Å². The molecule has 0 aliphatic carbocycles. The first-order valence-corrected chi connectivity index (χ1v) is 12.0. The van der Waals surface area contributed by atoms with Crippen LogP contribution in [0.15, 0.2) is 42.5 Å². The van der Waals surface area contributed by atoms with Crippen molar-refractivity contribution in [3.8, 4) is 5.75 Å². The lowest BCUT2D eigenvalue weighted by Crippen LogP contribution is -2.49. The third-order valence-electron chi connectivity index (χ3n) is 6.16. The van der Waals surface area contributed by atoms with Gasteiger partial charge in [-0.05, 0) is 24.3 Å². The predicted molar refractivity (Wildman–Crippen MR) is 130 cm³/mol. The molecule has 34 heavy (non-hydrogen) atoms. The number of piperazine rings is 1. The van der Waals surface area contributed by atoms with E-state index in [1.807, 2.05) is 12.1 Å². The number of thiazole rings is 1. The Morgan fingerprint density at radius 2 is 1.74 bits per heavy atom. The number of anilines is 1. The lowest BCUT2D eigenvalue weighted by molar-refractivity contribution is -0.121. The summed E-state index contributed by atoms with van der Waals surface area (Å²) in [6.45, 7) is 4.33. The Labute approximate surface area is 200 Å². The molecule has 1 aromatic heterocycles. The Kier molecular flexibility index (Phi) is 6.16. The van der Waals surface area contributed by atoms with E-state index in [-0.39, 0.29) is 12.5 Å². The summed E-state index contributed by atoms with van der Waals surface area (Å²) in [4.78, 5) is 47.5. The van der Waals surface area contributed by atoms with Crippen molar-refractivity contribution in [1.82, 2.24) is 20.1 Å². The third-order valence-corrected chi connectivity index (χ3v) is 7.24. The number of carbonyl (C=O) groups excluding carboxylic acids is 3. The van der Waals surface area contributed by atoms with Crippen molar-refractivity contribution in [2.45, 2.75) is 0 Å². The van der Waals surface area contributed by atoms with Crippen LogP contribution in [0.25, 0.3) is 10.2 Å². The van der Waals surface area contributed by atoms with Gasteiger partial charge in [0, 0.05) is 39.3 Å². The van der Waals surface area contributed by atoms with E-state index in [1.54, 1.807) is 42.7 Å². The summed E-state index contributed by atoms with van der Waals surface area (Å²) in [5.74, 6) is -0.383. The molecule has 0 spiro atoms. The van der Waals surface area contributed by atoms with Crippen molar-refractivity contribution >= 4 is 44.4 Å². The van der Waals surface area contributed by atoms with Crippen molar-refractivity contribution < 1.29 is 19.1 Å². The van der Waals surface area contributed by atoms with Crippen LogP contribution in [0.3, 0.4) is 0 Å². The molecule has 1 N–H and O–H groups in total. The number of imide groups is 1. The first-order valence-electron chi connectivity index (χ1n) is 11.2. The molecule has 2 aliphatic heterocycles. The fourth-order valence-electron chi connectivity index (χ4n) is 4.31. The Hall–Kier alpha value is -3.50. The van der Waals surface area contributed by atoms with Crippen LogP contribution in [-0.2, 0) is 4.79 Å². The highest BCUT2D eigenvalue weighted by Crippen LogP contribution is 2.34.